The molecule has 17 heavy (non-hydrogen) atoms. The zero-order valence-electron chi connectivity index (χ0n) is 11.5. The van der Waals surface area contributed by atoms with Gasteiger partial charge in [0.25, 0.3) is 0 Å². The number of rotatable bonds is 4. The fourth-order valence-electron chi connectivity index (χ4n) is 3.13. The lowest BCUT2D eigenvalue weighted by molar-refractivity contribution is 0.0206. The van der Waals surface area contributed by atoms with Crippen LogP contribution in [0.1, 0.15) is 46.0 Å². The van der Waals surface area contributed by atoms with E-state index < -0.39 is 5.60 Å². The maximum absolute atomic E-state index is 10.1. The molecule has 2 rings (SSSR count). The molecule has 0 spiro atoms. The van der Waals surface area contributed by atoms with Crippen LogP contribution in [0.2, 0.25) is 0 Å². The van der Waals surface area contributed by atoms with Gasteiger partial charge in [-0.3, -0.25) is 9.80 Å². The summed E-state index contributed by atoms with van der Waals surface area (Å²) in [7, 11) is 0. The standard InChI is InChI=1S/C14H28N2O/c1-3-14(2,17)12-15-10-7-13(11-15)16-8-5-4-6-9-16/h13,17H,3-12H2,1-2H3. The summed E-state index contributed by atoms with van der Waals surface area (Å²) in [5, 5.41) is 10.1. The second-order valence-electron chi connectivity index (χ2n) is 6.12. The molecular formula is C14H28N2O. The van der Waals surface area contributed by atoms with Crippen molar-refractivity contribution in [1.29, 1.82) is 0 Å². The van der Waals surface area contributed by atoms with Gasteiger partial charge in [0.2, 0.25) is 0 Å². The first-order valence-electron chi connectivity index (χ1n) is 7.29. The zero-order valence-corrected chi connectivity index (χ0v) is 11.5. The Morgan fingerprint density at radius 1 is 1.18 bits per heavy atom. The van der Waals surface area contributed by atoms with E-state index in [9.17, 15) is 5.11 Å². The monoisotopic (exact) mass is 240 g/mol. The highest BCUT2D eigenvalue weighted by atomic mass is 16.3. The fourth-order valence-corrected chi connectivity index (χ4v) is 3.13. The predicted octanol–water partition coefficient (Wildman–Crippen LogP) is 1.71. The SMILES string of the molecule is CCC(C)(O)CN1CCC(N2CCCCC2)C1. The normalized spacial score (nSPS) is 31.6. The lowest BCUT2D eigenvalue weighted by Crippen LogP contribution is -2.43. The average molecular weight is 240 g/mol. The molecule has 0 aliphatic carbocycles. The van der Waals surface area contributed by atoms with Crippen molar-refractivity contribution in [3.63, 3.8) is 0 Å². The highest BCUT2D eigenvalue weighted by molar-refractivity contribution is 4.87. The molecule has 2 aliphatic heterocycles. The first kappa shape index (κ1) is 13.3. The van der Waals surface area contributed by atoms with Gasteiger partial charge >= 0.3 is 0 Å². The minimum Gasteiger partial charge on any atom is -0.389 e. The third-order valence-corrected chi connectivity index (χ3v) is 4.48. The van der Waals surface area contributed by atoms with Gasteiger partial charge in [0, 0.05) is 19.1 Å². The Balaban J connectivity index is 1.78. The molecular weight excluding hydrogens is 212 g/mol. The highest BCUT2D eigenvalue weighted by Gasteiger charge is 2.31. The van der Waals surface area contributed by atoms with Crippen LogP contribution in [0.5, 0.6) is 0 Å². The maximum atomic E-state index is 10.1. The summed E-state index contributed by atoms with van der Waals surface area (Å²) in [5.41, 5.74) is -0.503. The molecule has 2 atom stereocenters. The number of β-amino-alcohol motifs (C(OH)–C–C–N with tert-alkyl or cyclic N) is 1. The summed E-state index contributed by atoms with van der Waals surface area (Å²) in [4.78, 5) is 5.12. The molecule has 3 heteroatoms. The van der Waals surface area contributed by atoms with Crippen LogP contribution in [0.15, 0.2) is 0 Å². The van der Waals surface area contributed by atoms with Crippen molar-refractivity contribution in [2.75, 3.05) is 32.7 Å². The van der Waals surface area contributed by atoms with Crippen LogP contribution in [-0.4, -0.2) is 59.3 Å². The summed E-state index contributed by atoms with van der Waals surface area (Å²) in [6.07, 6.45) is 6.31. The van der Waals surface area contributed by atoms with E-state index in [0.29, 0.717) is 0 Å². The Bertz CT molecular complexity index is 236. The Hall–Kier alpha value is -0.120. The molecule has 100 valence electrons. The van der Waals surface area contributed by atoms with Crippen LogP contribution in [-0.2, 0) is 0 Å². The van der Waals surface area contributed by atoms with Gasteiger partial charge < -0.3 is 5.11 Å². The Morgan fingerprint density at radius 3 is 2.53 bits per heavy atom. The molecule has 1 N–H and O–H groups in total. The van der Waals surface area contributed by atoms with E-state index in [1.54, 1.807) is 0 Å². The van der Waals surface area contributed by atoms with Crippen molar-refractivity contribution < 1.29 is 5.11 Å². The topological polar surface area (TPSA) is 26.7 Å². The molecule has 0 aromatic heterocycles. The summed E-state index contributed by atoms with van der Waals surface area (Å²) in [6.45, 7) is 9.78. The predicted molar refractivity (Wildman–Crippen MR) is 71.2 cm³/mol. The number of nitrogens with zero attached hydrogens (tertiary/aromatic N) is 2. The van der Waals surface area contributed by atoms with E-state index >= 15 is 0 Å². The molecule has 3 nitrogen and oxygen atoms in total. The van der Waals surface area contributed by atoms with E-state index in [1.807, 2.05) is 6.92 Å². The van der Waals surface area contributed by atoms with Crippen LogP contribution in [0.25, 0.3) is 0 Å². The molecule has 0 bridgehead atoms. The Kier molecular flexibility index (Phi) is 4.45. The quantitative estimate of drug-likeness (QED) is 0.810. The average Bonchev–Trinajstić information content (AvgIpc) is 2.78. The smallest absolute Gasteiger partial charge is 0.0743 e. The number of hydrogen-bond acceptors (Lipinski definition) is 3. The lowest BCUT2D eigenvalue weighted by Gasteiger charge is -2.33. The molecule has 2 fully saturated rings. The van der Waals surface area contributed by atoms with Gasteiger partial charge in [-0.05, 0) is 52.2 Å². The number of likely N-dealkylation sites (tertiary alicyclic amines) is 2. The van der Waals surface area contributed by atoms with Gasteiger partial charge in [0.15, 0.2) is 0 Å². The number of aliphatic hydroxyl groups is 1. The summed E-state index contributed by atoms with van der Waals surface area (Å²) < 4.78 is 0. The minimum absolute atomic E-state index is 0.503. The molecule has 2 unspecified atom stereocenters. The molecule has 0 saturated carbocycles. The van der Waals surface area contributed by atoms with Gasteiger partial charge in [0.05, 0.1) is 5.60 Å². The van der Waals surface area contributed by atoms with Crippen molar-refractivity contribution in [3.05, 3.63) is 0 Å². The van der Waals surface area contributed by atoms with E-state index in [4.69, 9.17) is 0 Å². The van der Waals surface area contributed by atoms with Crippen LogP contribution in [0, 0.1) is 0 Å². The van der Waals surface area contributed by atoms with Crippen molar-refractivity contribution >= 4 is 0 Å². The van der Waals surface area contributed by atoms with Gasteiger partial charge in [-0.2, -0.15) is 0 Å². The molecule has 2 heterocycles. The Labute approximate surface area is 106 Å². The first-order chi connectivity index (χ1) is 8.11. The van der Waals surface area contributed by atoms with Crippen molar-refractivity contribution in [2.24, 2.45) is 0 Å². The minimum atomic E-state index is -0.503. The van der Waals surface area contributed by atoms with Gasteiger partial charge in [-0.25, -0.2) is 0 Å². The molecule has 0 amide bonds. The first-order valence-corrected chi connectivity index (χ1v) is 7.29. The summed E-state index contributed by atoms with van der Waals surface area (Å²) in [5.74, 6) is 0. The third kappa shape index (κ3) is 3.67. The lowest BCUT2D eigenvalue weighted by atomic mass is 10.0. The van der Waals surface area contributed by atoms with Crippen LogP contribution in [0.4, 0.5) is 0 Å². The number of hydrogen-bond donors (Lipinski definition) is 1. The van der Waals surface area contributed by atoms with Crippen molar-refractivity contribution in [2.45, 2.75) is 57.6 Å². The van der Waals surface area contributed by atoms with Crippen molar-refractivity contribution in [1.82, 2.24) is 9.80 Å². The molecule has 0 radical (unpaired) electrons. The molecule has 2 aliphatic rings. The maximum Gasteiger partial charge on any atom is 0.0743 e. The van der Waals surface area contributed by atoms with E-state index in [-0.39, 0.29) is 0 Å². The second-order valence-corrected chi connectivity index (χ2v) is 6.12. The fraction of sp³-hybridized carbons (Fsp3) is 1.00. The van der Waals surface area contributed by atoms with Crippen LogP contribution >= 0.6 is 0 Å². The molecule has 2 saturated heterocycles. The van der Waals surface area contributed by atoms with Crippen molar-refractivity contribution in [3.8, 4) is 0 Å². The second kappa shape index (κ2) is 5.68. The van der Waals surface area contributed by atoms with Gasteiger partial charge in [-0.15, -0.1) is 0 Å². The van der Waals surface area contributed by atoms with Crippen LogP contribution < -0.4 is 0 Å². The highest BCUT2D eigenvalue weighted by Crippen LogP contribution is 2.22. The number of piperidine rings is 1. The van der Waals surface area contributed by atoms with Gasteiger partial charge in [0.1, 0.15) is 0 Å². The molecule has 0 aromatic carbocycles. The van der Waals surface area contributed by atoms with Crippen LogP contribution in [0.3, 0.4) is 0 Å². The summed E-state index contributed by atoms with van der Waals surface area (Å²) in [6, 6.07) is 0.753. The third-order valence-electron chi connectivity index (χ3n) is 4.48. The van der Waals surface area contributed by atoms with E-state index in [0.717, 1.165) is 32.1 Å². The zero-order chi connectivity index (χ0) is 12.3. The van der Waals surface area contributed by atoms with E-state index in [1.165, 1.54) is 38.8 Å². The van der Waals surface area contributed by atoms with Gasteiger partial charge in [-0.1, -0.05) is 13.3 Å². The largest absolute Gasteiger partial charge is 0.389 e. The van der Waals surface area contributed by atoms with E-state index in [2.05, 4.69) is 16.7 Å². The summed E-state index contributed by atoms with van der Waals surface area (Å²) >= 11 is 0. The molecule has 0 aromatic rings. The Morgan fingerprint density at radius 2 is 1.88 bits per heavy atom.